The Morgan fingerprint density at radius 3 is 2.68 bits per heavy atom. The summed E-state index contributed by atoms with van der Waals surface area (Å²) in [5, 5.41) is 9.06. The molecule has 5 heteroatoms. The topological polar surface area (TPSA) is 70.5 Å². The maximum Gasteiger partial charge on any atom is 0.306 e. The van der Waals surface area contributed by atoms with Crippen LogP contribution < -0.4 is 4.90 Å². The van der Waals surface area contributed by atoms with Crippen LogP contribution in [0.1, 0.15) is 25.7 Å². The minimum Gasteiger partial charge on any atom is -0.481 e. The first-order chi connectivity index (χ1) is 9.09. The number of carboxylic acid groups (broad SMARTS) is 1. The molecule has 5 nitrogen and oxygen atoms in total. The standard InChI is InChI=1S/C14H18N2O3/c1-16(12-7-2-3-8-15-12)13(17)10-5-4-6-11(9-10)14(18)19/h2-3,7-8,10-11H,4-6,9H2,1H3,(H,18,19). The number of nitrogens with zero attached hydrogens (tertiary/aromatic N) is 2. The summed E-state index contributed by atoms with van der Waals surface area (Å²) in [4.78, 5) is 29.0. The molecule has 0 bridgehead atoms. The number of carbonyl (C=O) groups is 2. The quantitative estimate of drug-likeness (QED) is 0.903. The van der Waals surface area contributed by atoms with E-state index in [1.54, 1.807) is 25.4 Å². The summed E-state index contributed by atoms with van der Waals surface area (Å²) in [6, 6.07) is 5.39. The third kappa shape index (κ3) is 3.10. The molecule has 1 saturated carbocycles. The molecule has 19 heavy (non-hydrogen) atoms. The highest BCUT2D eigenvalue weighted by Gasteiger charge is 2.32. The first-order valence-corrected chi connectivity index (χ1v) is 6.51. The molecule has 1 aromatic heterocycles. The van der Waals surface area contributed by atoms with Crippen LogP contribution in [-0.2, 0) is 9.59 Å². The Kier molecular flexibility index (Phi) is 4.14. The second-order valence-corrected chi connectivity index (χ2v) is 4.98. The molecule has 0 aromatic carbocycles. The maximum atomic E-state index is 12.4. The third-order valence-electron chi connectivity index (χ3n) is 3.70. The number of carboxylic acids is 1. The van der Waals surface area contributed by atoms with Crippen molar-refractivity contribution in [2.24, 2.45) is 11.8 Å². The summed E-state index contributed by atoms with van der Waals surface area (Å²) in [5.41, 5.74) is 0. The lowest BCUT2D eigenvalue weighted by Gasteiger charge is -2.28. The molecular formula is C14H18N2O3. The monoisotopic (exact) mass is 262 g/mol. The number of amides is 1. The van der Waals surface area contributed by atoms with E-state index in [2.05, 4.69) is 4.98 Å². The lowest BCUT2D eigenvalue weighted by Crippen LogP contribution is -2.37. The van der Waals surface area contributed by atoms with E-state index in [0.717, 1.165) is 12.8 Å². The Balaban J connectivity index is 2.05. The SMILES string of the molecule is CN(C(=O)C1CCCC(C(=O)O)C1)c1ccccn1. The smallest absolute Gasteiger partial charge is 0.306 e. The molecule has 0 aliphatic heterocycles. The van der Waals surface area contributed by atoms with Gasteiger partial charge in [-0.15, -0.1) is 0 Å². The van der Waals surface area contributed by atoms with Gasteiger partial charge in [-0.3, -0.25) is 14.5 Å². The highest BCUT2D eigenvalue weighted by molar-refractivity contribution is 5.94. The second-order valence-electron chi connectivity index (χ2n) is 4.98. The largest absolute Gasteiger partial charge is 0.481 e. The summed E-state index contributed by atoms with van der Waals surface area (Å²) in [5.74, 6) is -0.825. The van der Waals surface area contributed by atoms with Gasteiger partial charge >= 0.3 is 5.97 Å². The molecule has 1 aliphatic carbocycles. The Bertz CT molecular complexity index is 461. The van der Waals surface area contributed by atoms with Crippen molar-refractivity contribution in [2.75, 3.05) is 11.9 Å². The van der Waals surface area contributed by atoms with Gasteiger partial charge in [-0.25, -0.2) is 4.98 Å². The van der Waals surface area contributed by atoms with E-state index in [0.29, 0.717) is 18.7 Å². The van der Waals surface area contributed by atoms with Crippen LogP contribution in [0.5, 0.6) is 0 Å². The maximum absolute atomic E-state index is 12.4. The molecule has 2 atom stereocenters. The van der Waals surface area contributed by atoms with Crippen molar-refractivity contribution in [3.8, 4) is 0 Å². The first-order valence-electron chi connectivity index (χ1n) is 6.51. The molecule has 1 aromatic rings. The van der Waals surface area contributed by atoms with Crippen LogP contribution in [0.3, 0.4) is 0 Å². The summed E-state index contributed by atoms with van der Waals surface area (Å²) in [6.07, 6.45) is 4.31. The van der Waals surface area contributed by atoms with Gasteiger partial charge in [0, 0.05) is 19.2 Å². The van der Waals surface area contributed by atoms with E-state index in [4.69, 9.17) is 5.11 Å². The predicted molar refractivity (Wildman–Crippen MR) is 70.7 cm³/mol. The highest BCUT2D eigenvalue weighted by atomic mass is 16.4. The molecular weight excluding hydrogens is 244 g/mol. The van der Waals surface area contributed by atoms with Crippen LogP contribution in [0.25, 0.3) is 0 Å². The fourth-order valence-electron chi connectivity index (χ4n) is 2.58. The number of hydrogen-bond donors (Lipinski definition) is 1. The van der Waals surface area contributed by atoms with Gasteiger partial charge in [0.15, 0.2) is 0 Å². The van der Waals surface area contributed by atoms with Crippen LogP contribution in [0.15, 0.2) is 24.4 Å². The molecule has 2 rings (SSSR count). The van der Waals surface area contributed by atoms with Gasteiger partial charge in [0.2, 0.25) is 5.91 Å². The summed E-state index contributed by atoms with van der Waals surface area (Å²) < 4.78 is 0. The molecule has 0 spiro atoms. The molecule has 1 amide bonds. The van der Waals surface area contributed by atoms with E-state index >= 15 is 0 Å². The normalized spacial score (nSPS) is 22.8. The fraction of sp³-hybridized carbons (Fsp3) is 0.500. The van der Waals surface area contributed by atoms with Crippen LogP contribution in [-0.4, -0.2) is 29.0 Å². The molecule has 2 unspecified atom stereocenters. The number of aromatic nitrogens is 1. The van der Waals surface area contributed by atoms with Crippen molar-refractivity contribution < 1.29 is 14.7 Å². The van der Waals surface area contributed by atoms with Crippen molar-refractivity contribution in [3.05, 3.63) is 24.4 Å². The average Bonchev–Trinajstić information content (AvgIpc) is 2.46. The fourth-order valence-corrected chi connectivity index (χ4v) is 2.58. The van der Waals surface area contributed by atoms with E-state index in [1.165, 1.54) is 4.90 Å². The molecule has 0 radical (unpaired) electrons. The number of pyridine rings is 1. The van der Waals surface area contributed by atoms with Crippen molar-refractivity contribution in [2.45, 2.75) is 25.7 Å². The zero-order valence-electron chi connectivity index (χ0n) is 11.0. The van der Waals surface area contributed by atoms with Gasteiger partial charge in [-0.1, -0.05) is 12.5 Å². The van der Waals surface area contributed by atoms with Gasteiger partial charge in [0.1, 0.15) is 5.82 Å². The van der Waals surface area contributed by atoms with E-state index in [1.807, 2.05) is 6.07 Å². The predicted octanol–water partition coefficient (Wildman–Crippen LogP) is 1.94. The van der Waals surface area contributed by atoms with Crippen molar-refractivity contribution >= 4 is 17.7 Å². The molecule has 1 fully saturated rings. The average molecular weight is 262 g/mol. The first kappa shape index (κ1) is 13.5. The van der Waals surface area contributed by atoms with Gasteiger partial charge in [0.05, 0.1) is 5.92 Å². The van der Waals surface area contributed by atoms with Crippen LogP contribution >= 0.6 is 0 Å². The third-order valence-corrected chi connectivity index (χ3v) is 3.70. The number of carbonyl (C=O) groups excluding carboxylic acids is 1. The zero-order chi connectivity index (χ0) is 13.8. The molecule has 0 saturated heterocycles. The number of anilines is 1. The van der Waals surface area contributed by atoms with Gasteiger partial charge in [-0.2, -0.15) is 0 Å². The zero-order valence-corrected chi connectivity index (χ0v) is 11.0. The Hall–Kier alpha value is -1.91. The van der Waals surface area contributed by atoms with E-state index in [-0.39, 0.29) is 17.7 Å². The number of aliphatic carboxylic acids is 1. The number of hydrogen-bond acceptors (Lipinski definition) is 3. The van der Waals surface area contributed by atoms with Gasteiger partial charge in [0.25, 0.3) is 0 Å². The molecule has 1 heterocycles. The molecule has 1 N–H and O–H groups in total. The summed E-state index contributed by atoms with van der Waals surface area (Å²) >= 11 is 0. The Morgan fingerprint density at radius 2 is 2.05 bits per heavy atom. The Morgan fingerprint density at radius 1 is 1.32 bits per heavy atom. The minimum atomic E-state index is -0.794. The van der Waals surface area contributed by atoms with Gasteiger partial charge in [-0.05, 0) is 31.4 Å². The minimum absolute atomic E-state index is 0.0374. The molecule has 1 aliphatic rings. The van der Waals surface area contributed by atoms with Crippen molar-refractivity contribution in [1.82, 2.24) is 4.98 Å². The van der Waals surface area contributed by atoms with Crippen molar-refractivity contribution in [3.63, 3.8) is 0 Å². The van der Waals surface area contributed by atoms with Crippen LogP contribution in [0.2, 0.25) is 0 Å². The van der Waals surface area contributed by atoms with E-state index < -0.39 is 5.97 Å². The lowest BCUT2D eigenvalue weighted by molar-refractivity contribution is -0.143. The highest BCUT2D eigenvalue weighted by Crippen LogP contribution is 2.31. The van der Waals surface area contributed by atoms with Crippen LogP contribution in [0, 0.1) is 11.8 Å². The van der Waals surface area contributed by atoms with E-state index in [9.17, 15) is 9.59 Å². The molecule has 102 valence electrons. The second kappa shape index (κ2) is 5.82. The summed E-state index contributed by atoms with van der Waals surface area (Å²) in [6.45, 7) is 0. The Labute approximate surface area is 112 Å². The van der Waals surface area contributed by atoms with Crippen molar-refractivity contribution in [1.29, 1.82) is 0 Å². The van der Waals surface area contributed by atoms with Gasteiger partial charge < -0.3 is 5.11 Å². The lowest BCUT2D eigenvalue weighted by atomic mass is 9.81. The number of rotatable bonds is 3. The van der Waals surface area contributed by atoms with Crippen LogP contribution in [0.4, 0.5) is 5.82 Å². The summed E-state index contributed by atoms with van der Waals surface area (Å²) in [7, 11) is 1.69.